The Balaban J connectivity index is 3.34. The van der Waals surface area contributed by atoms with E-state index in [2.05, 4.69) is 0 Å². The molecule has 0 amide bonds. The van der Waals surface area contributed by atoms with E-state index >= 15 is 0 Å². The molecule has 1 aromatic carbocycles. The third kappa shape index (κ3) is 2.70. The average Bonchev–Trinajstić information content (AvgIpc) is 2.29. The first-order valence-corrected chi connectivity index (χ1v) is 5.44. The second-order valence-electron chi connectivity index (χ2n) is 3.37. The number of alkyl halides is 1. The summed E-state index contributed by atoms with van der Waals surface area (Å²) < 4.78 is 14.6. The van der Waals surface area contributed by atoms with Crippen LogP contribution in [0.2, 0.25) is 0 Å². The van der Waals surface area contributed by atoms with Crippen molar-refractivity contribution in [1.29, 1.82) is 0 Å². The quantitative estimate of drug-likeness (QED) is 0.376. The molecule has 0 aliphatic rings. The van der Waals surface area contributed by atoms with Crippen LogP contribution in [0.4, 0.5) is 5.69 Å². The van der Waals surface area contributed by atoms with Crippen molar-refractivity contribution >= 4 is 23.3 Å². The Hall–Kier alpha value is -1.82. The maximum atomic E-state index is 11.8. The maximum absolute atomic E-state index is 11.8. The number of carbonyl (C=O) groups excluding carboxylic acids is 1. The van der Waals surface area contributed by atoms with Crippen molar-refractivity contribution in [2.45, 2.75) is 12.5 Å². The number of phenols is 1. The molecule has 0 fully saturated rings. The molecule has 3 N–H and O–H groups in total. The number of halogens is 1. The summed E-state index contributed by atoms with van der Waals surface area (Å²) in [6.07, 6.45) is 0. The number of nitrogen functional groups attached to an aromatic ring is 1. The van der Waals surface area contributed by atoms with Crippen molar-refractivity contribution in [3.05, 3.63) is 11.6 Å². The summed E-state index contributed by atoms with van der Waals surface area (Å²) in [6, 6.07) is 1.30. The number of benzene rings is 1. The van der Waals surface area contributed by atoms with Gasteiger partial charge in [-0.1, -0.05) is 11.6 Å². The molecule has 1 aromatic rings. The molecule has 1 unspecified atom stereocenters. The topological polar surface area (TPSA) is 91.0 Å². The lowest BCUT2D eigenvalue weighted by Gasteiger charge is -2.15. The van der Waals surface area contributed by atoms with Gasteiger partial charge in [-0.25, -0.2) is 4.79 Å². The number of ether oxygens (including phenoxy) is 3. The lowest BCUT2D eigenvalue weighted by molar-refractivity contribution is 0.0469. The Morgan fingerprint density at radius 2 is 2.06 bits per heavy atom. The number of methoxy groups -OCH3 is 2. The van der Waals surface area contributed by atoms with E-state index in [9.17, 15) is 9.90 Å². The number of hydrogen-bond donors (Lipinski definition) is 2. The summed E-state index contributed by atoms with van der Waals surface area (Å²) in [5, 5.41) is 9.83. The SMILES string of the molecule is COc1cc(N)c(C(=O)OC(C)Cl)c(OC)c1O. The van der Waals surface area contributed by atoms with E-state index in [-0.39, 0.29) is 28.5 Å². The molecule has 100 valence electrons. The summed E-state index contributed by atoms with van der Waals surface area (Å²) in [4.78, 5) is 11.8. The zero-order valence-electron chi connectivity index (χ0n) is 10.2. The van der Waals surface area contributed by atoms with Gasteiger partial charge in [0.25, 0.3) is 0 Å². The van der Waals surface area contributed by atoms with Crippen LogP contribution in [0.15, 0.2) is 6.07 Å². The molecule has 6 nitrogen and oxygen atoms in total. The molecule has 0 aliphatic carbocycles. The molecule has 0 saturated carbocycles. The number of carbonyl (C=O) groups is 1. The van der Waals surface area contributed by atoms with Gasteiger partial charge in [-0.05, 0) is 6.92 Å². The van der Waals surface area contributed by atoms with Gasteiger partial charge in [-0.15, -0.1) is 0 Å². The van der Waals surface area contributed by atoms with Crippen LogP contribution in [0, 0.1) is 0 Å². The largest absolute Gasteiger partial charge is 0.502 e. The summed E-state index contributed by atoms with van der Waals surface area (Å²) in [5.74, 6) is -1.14. The minimum absolute atomic E-state index is 0.0591. The molecule has 1 rings (SSSR count). The Kier molecular flexibility index (Phi) is 4.49. The molecule has 0 saturated heterocycles. The summed E-state index contributed by atoms with van der Waals surface area (Å²) >= 11 is 5.56. The molecule has 0 aliphatic heterocycles. The first-order valence-electron chi connectivity index (χ1n) is 5.00. The number of esters is 1. The van der Waals surface area contributed by atoms with Crippen molar-refractivity contribution < 1.29 is 24.1 Å². The smallest absolute Gasteiger partial charge is 0.345 e. The predicted molar refractivity (Wildman–Crippen MR) is 66.4 cm³/mol. The van der Waals surface area contributed by atoms with Crippen molar-refractivity contribution in [2.24, 2.45) is 0 Å². The van der Waals surface area contributed by atoms with Gasteiger partial charge in [0.05, 0.1) is 19.9 Å². The van der Waals surface area contributed by atoms with E-state index < -0.39 is 11.5 Å². The van der Waals surface area contributed by atoms with E-state index in [0.717, 1.165) is 0 Å². The Bertz CT molecular complexity index is 461. The van der Waals surface area contributed by atoms with Crippen molar-refractivity contribution in [2.75, 3.05) is 20.0 Å². The summed E-state index contributed by atoms with van der Waals surface area (Å²) in [7, 11) is 2.64. The van der Waals surface area contributed by atoms with E-state index in [1.807, 2.05) is 0 Å². The van der Waals surface area contributed by atoms with Crippen LogP contribution in [-0.4, -0.2) is 30.9 Å². The third-order valence-corrected chi connectivity index (χ3v) is 2.24. The molecule has 0 aromatic heterocycles. The van der Waals surface area contributed by atoms with Gasteiger partial charge in [0, 0.05) is 6.07 Å². The first kappa shape index (κ1) is 14.2. The predicted octanol–water partition coefficient (Wildman–Crippen LogP) is 1.73. The van der Waals surface area contributed by atoms with Crippen LogP contribution < -0.4 is 15.2 Å². The highest BCUT2D eigenvalue weighted by Gasteiger charge is 2.25. The van der Waals surface area contributed by atoms with Crippen LogP contribution in [0.25, 0.3) is 0 Å². The molecule has 0 spiro atoms. The minimum Gasteiger partial charge on any atom is -0.502 e. The summed E-state index contributed by atoms with van der Waals surface area (Å²) in [5.41, 5.74) is 4.84. The van der Waals surface area contributed by atoms with E-state index in [4.69, 9.17) is 31.5 Å². The Labute approximate surface area is 109 Å². The summed E-state index contributed by atoms with van der Waals surface area (Å²) in [6.45, 7) is 1.48. The molecule has 7 heteroatoms. The van der Waals surface area contributed by atoms with Crippen molar-refractivity contribution in [3.63, 3.8) is 0 Å². The second kappa shape index (κ2) is 5.68. The number of anilines is 1. The third-order valence-electron chi connectivity index (χ3n) is 2.15. The van der Waals surface area contributed by atoms with Gasteiger partial charge in [-0.2, -0.15) is 0 Å². The molecule has 1 atom stereocenters. The monoisotopic (exact) mass is 275 g/mol. The first-order chi connectivity index (χ1) is 8.42. The standard InChI is InChI=1S/C11H14ClNO5/c1-5(12)18-11(15)8-6(13)4-7(16-2)9(14)10(8)17-3/h4-5,14H,13H2,1-3H3. The maximum Gasteiger partial charge on any atom is 0.345 e. The molecule has 0 bridgehead atoms. The van der Waals surface area contributed by atoms with Gasteiger partial charge >= 0.3 is 5.97 Å². The normalized spacial score (nSPS) is 11.8. The highest BCUT2D eigenvalue weighted by molar-refractivity contribution is 6.20. The number of aromatic hydroxyl groups is 1. The molecular formula is C11H14ClNO5. The van der Waals surface area contributed by atoms with Crippen molar-refractivity contribution in [1.82, 2.24) is 0 Å². The second-order valence-corrected chi connectivity index (χ2v) is 3.99. The van der Waals surface area contributed by atoms with Crippen LogP contribution in [-0.2, 0) is 4.74 Å². The van der Waals surface area contributed by atoms with Crippen LogP contribution in [0.1, 0.15) is 17.3 Å². The number of phenolic OH excluding ortho intramolecular Hbond substituents is 1. The number of nitrogens with two attached hydrogens (primary N) is 1. The average molecular weight is 276 g/mol. The van der Waals surface area contributed by atoms with Gasteiger partial charge in [0.2, 0.25) is 5.75 Å². The number of rotatable bonds is 4. The van der Waals surface area contributed by atoms with Gasteiger partial charge in [0.15, 0.2) is 17.1 Å². The minimum atomic E-state index is -0.828. The molecule has 0 radical (unpaired) electrons. The Morgan fingerprint density at radius 3 is 2.50 bits per heavy atom. The van der Waals surface area contributed by atoms with Crippen LogP contribution >= 0.6 is 11.6 Å². The van der Waals surface area contributed by atoms with E-state index in [0.29, 0.717) is 0 Å². The van der Waals surface area contributed by atoms with Gasteiger partial charge in [0.1, 0.15) is 5.56 Å². The molecule has 0 heterocycles. The van der Waals surface area contributed by atoms with Gasteiger partial charge < -0.3 is 25.1 Å². The van der Waals surface area contributed by atoms with E-state index in [1.165, 1.54) is 27.2 Å². The van der Waals surface area contributed by atoms with Crippen molar-refractivity contribution in [3.8, 4) is 17.2 Å². The van der Waals surface area contributed by atoms with E-state index in [1.54, 1.807) is 0 Å². The fraction of sp³-hybridized carbons (Fsp3) is 0.364. The molecular weight excluding hydrogens is 262 g/mol. The Morgan fingerprint density at radius 1 is 1.44 bits per heavy atom. The molecule has 18 heavy (non-hydrogen) atoms. The highest BCUT2D eigenvalue weighted by atomic mass is 35.5. The van der Waals surface area contributed by atoms with Crippen LogP contribution in [0.3, 0.4) is 0 Å². The zero-order chi connectivity index (χ0) is 13.9. The highest BCUT2D eigenvalue weighted by Crippen LogP contribution is 2.42. The zero-order valence-corrected chi connectivity index (χ0v) is 10.9. The van der Waals surface area contributed by atoms with Gasteiger partial charge in [-0.3, -0.25) is 0 Å². The van der Waals surface area contributed by atoms with Crippen LogP contribution in [0.5, 0.6) is 17.2 Å². The fourth-order valence-electron chi connectivity index (χ4n) is 1.41. The lowest BCUT2D eigenvalue weighted by Crippen LogP contribution is -2.13. The fourth-order valence-corrected chi connectivity index (χ4v) is 1.50. The number of hydrogen-bond acceptors (Lipinski definition) is 6. The lowest BCUT2D eigenvalue weighted by atomic mass is 10.1.